The molecule has 1 N–H and O–H groups in total. The van der Waals surface area contributed by atoms with Crippen LogP contribution < -0.4 is 5.32 Å². The molecule has 2 nitrogen and oxygen atoms in total. The normalized spacial score (nSPS) is 11.8. The molecule has 0 aliphatic rings. The van der Waals surface area contributed by atoms with Crippen LogP contribution in [0.25, 0.3) is 0 Å². The predicted molar refractivity (Wildman–Crippen MR) is 68.1 cm³/mol. The molecule has 3 heteroatoms. The van der Waals surface area contributed by atoms with Crippen molar-refractivity contribution in [3.05, 3.63) is 21.9 Å². The number of aromatic nitrogens is 1. The predicted octanol–water partition coefficient (Wildman–Crippen LogP) is 2.90. The summed E-state index contributed by atoms with van der Waals surface area (Å²) in [5.74, 6) is 3.59. The number of hydrogen-bond acceptors (Lipinski definition) is 2. The Morgan fingerprint density at radius 2 is 2.50 bits per heavy atom. The minimum Gasteiger partial charge on any atom is -0.366 e. The number of anilines is 1. The number of nitrogens with zero attached hydrogens (tertiary/aromatic N) is 1. The molecule has 0 saturated carbocycles. The summed E-state index contributed by atoms with van der Waals surface area (Å²) in [5, 5.41) is 3.34. The largest absolute Gasteiger partial charge is 0.366 e. The van der Waals surface area contributed by atoms with E-state index in [2.05, 4.69) is 45.7 Å². The van der Waals surface area contributed by atoms with Gasteiger partial charge in [0.2, 0.25) is 0 Å². The summed E-state index contributed by atoms with van der Waals surface area (Å²) in [5.41, 5.74) is 0. The smallest absolute Gasteiger partial charge is 0.139 e. The Kier molecular flexibility index (Phi) is 4.74. The Balaban J connectivity index is 2.68. The van der Waals surface area contributed by atoms with Gasteiger partial charge in [-0.05, 0) is 41.1 Å². The van der Waals surface area contributed by atoms with Crippen molar-refractivity contribution in [1.82, 2.24) is 4.98 Å². The molecule has 0 aliphatic heterocycles. The van der Waals surface area contributed by atoms with E-state index in [9.17, 15) is 0 Å². The minimum absolute atomic E-state index is 0.323. The van der Waals surface area contributed by atoms with E-state index >= 15 is 0 Å². The second kappa shape index (κ2) is 5.86. The van der Waals surface area contributed by atoms with E-state index in [-0.39, 0.29) is 0 Å². The van der Waals surface area contributed by atoms with Crippen molar-refractivity contribution in [3.63, 3.8) is 0 Å². The van der Waals surface area contributed by atoms with Gasteiger partial charge in [-0.2, -0.15) is 0 Å². The second-order valence-electron chi connectivity index (χ2n) is 2.99. The Morgan fingerprint density at radius 1 is 1.71 bits per heavy atom. The van der Waals surface area contributed by atoms with Gasteiger partial charge < -0.3 is 5.32 Å². The molecular weight excluding hydrogens is 287 g/mol. The maximum absolute atomic E-state index is 5.28. The van der Waals surface area contributed by atoms with Crippen LogP contribution >= 0.6 is 22.6 Å². The van der Waals surface area contributed by atoms with Crippen LogP contribution in [0, 0.1) is 15.9 Å². The molecule has 0 aliphatic carbocycles. The highest BCUT2D eigenvalue weighted by atomic mass is 127. The third kappa shape index (κ3) is 3.18. The molecule has 0 amide bonds. The maximum atomic E-state index is 5.28. The molecule has 0 spiro atoms. The van der Waals surface area contributed by atoms with Gasteiger partial charge in [0.15, 0.2) is 0 Å². The van der Waals surface area contributed by atoms with Crippen LogP contribution in [0.2, 0.25) is 0 Å². The van der Waals surface area contributed by atoms with Gasteiger partial charge in [-0.1, -0.05) is 6.92 Å². The highest BCUT2D eigenvalue weighted by Gasteiger charge is 2.06. The van der Waals surface area contributed by atoms with Gasteiger partial charge in [-0.15, -0.1) is 12.3 Å². The molecule has 0 aromatic carbocycles. The summed E-state index contributed by atoms with van der Waals surface area (Å²) in [4.78, 5) is 4.26. The van der Waals surface area contributed by atoms with Gasteiger partial charge >= 0.3 is 0 Å². The first kappa shape index (κ1) is 11.3. The van der Waals surface area contributed by atoms with Crippen molar-refractivity contribution in [2.75, 3.05) is 5.32 Å². The molecule has 1 aromatic rings. The zero-order valence-electron chi connectivity index (χ0n) is 8.13. The van der Waals surface area contributed by atoms with Crippen molar-refractivity contribution >= 4 is 28.4 Å². The maximum Gasteiger partial charge on any atom is 0.139 e. The molecule has 0 bridgehead atoms. The molecule has 1 heterocycles. The van der Waals surface area contributed by atoms with Crippen molar-refractivity contribution in [2.24, 2.45) is 0 Å². The van der Waals surface area contributed by atoms with Gasteiger partial charge in [-0.25, -0.2) is 4.98 Å². The van der Waals surface area contributed by atoms with Gasteiger partial charge in [0.1, 0.15) is 5.82 Å². The monoisotopic (exact) mass is 300 g/mol. The fourth-order valence-electron chi connectivity index (χ4n) is 1.12. The van der Waals surface area contributed by atoms with Gasteiger partial charge in [-0.3, -0.25) is 0 Å². The van der Waals surface area contributed by atoms with Crippen LogP contribution in [0.1, 0.15) is 19.8 Å². The van der Waals surface area contributed by atoms with Crippen LogP contribution in [0.4, 0.5) is 5.82 Å². The summed E-state index contributed by atoms with van der Waals surface area (Å²) in [7, 11) is 0. The van der Waals surface area contributed by atoms with Crippen molar-refractivity contribution in [2.45, 2.75) is 25.8 Å². The first-order chi connectivity index (χ1) is 6.77. The summed E-state index contributed by atoms with van der Waals surface area (Å²) < 4.78 is 1.13. The van der Waals surface area contributed by atoms with Gasteiger partial charge in [0.25, 0.3) is 0 Å². The van der Waals surface area contributed by atoms with Crippen LogP contribution in [0.15, 0.2) is 18.3 Å². The number of nitrogens with one attached hydrogen (secondary N) is 1. The molecule has 0 fully saturated rings. The van der Waals surface area contributed by atoms with E-state index in [1.54, 1.807) is 6.20 Å². The fraction of sp³-hybridized carbons (Fsp3) is 0.364. The number of pyridine rings is 1. The average molecular weight is 300 g/mol. The third-order valence-electron chi connectivity index (χ3n) is 1.96. The Labute approximate surface area is 98.7 Å². The molecule has 1 rings (SSSR count). The fourth-order valence-corrected chi connectivity index (χ4v) is 1.63. The van der Waals surface area contributed by atoms with Crippen LogP contribution in [-0.2, 0) is 0 Å². The molecule has 1 aromatic heterocycles. The Morgan fingerprint density at radius 3 is 3.07 bits per heavy atom. The molecule has 0 radical (unpaired) electrons. The average Bonchev–Trinajstić information content (AvgIpc) is 2.20. The van der Waals surface area contributed by atoms with E-state index in [1.807, 2.05) is 12.1 Å². The van der Waals surface area contributed by atoms with E-state index in [0.29, 0.717) is 6.04 Å². The topological polar surface area (TPSA) is 24.9 Å². The second-order valence-corrected chi connectivity index (χ2v) is 4.15. The van der Waals surface area contributed by atoms with Crippen molar-refractivity contribution in [3.8, 4) is 12.3 Å². The third-order valence-corrected chi connectivity index (χ3v) is 2.83. The van der Waals surface area contributed by atoms with E-state index < -0.39 is 0 Å². The number of hydrogen-bond donors (Lipinski definition) is 1. The van der Waals surface area contributed by atoms with Gasteiger partial charge in [0, 0.05) is 18.7 Å². The Hall–Kier alpha value is -0.760. The van der Waals surface area contributed by atoms with Gasteiger partial charge in [0.05, 0.1) is 3.57 Å². The summed E-state index contributed by atoms with van der Waals surface area (Å²) >= 11 is 2.26. The molecule has 0 saturated heterocycles. The molecule has 1 unspecified atom stereocenters. The van der Waals surface area contributed by atoms with E-state index in [4.69, 9.17) is 6.42 Å². The lowest BCUT2D eigenvalue weighted by Gasteiger charge is -2.15. The summed E-state index contributed by atoms with van der Waals surface area (Å²) in [6, 6.07) is 4.27. The standard InChI is InChI=1S/C11H13IN2/c1-3-6-9(4-2)14-11-10(12)7-5-8-13-11/h1,5,7-9H,4,6H2,2H3,(H,13,14). The van der Waals surface area contributed by atoms with Crippen molar-refractivity contribution < 1.29 is 0 Å². The molecule has 74 valence electrons. The molecule has 14 heavy (non-hydrogen) atoms. The van der Waals surface area contributed by atoms with E-state index in [1.165, 1.54) is 0 Å². The summed E-state index contributed by atoms with van der Waals surface area (Å²) in [6.45, 7) is 2.12. The number of rotatable bonds is 4. The lowest BCUT2D eigenvalue weighted by molar-refractivity contribution is 0.711. The lowest BCUT2D eigenvalue weighted by atomic mass is 10.1. The first-order valence-corrected chi connectivity index (χ1v) is 5.66. The van der Waals surface area contributed by atoms with E-state index in [0.717, 1.165) is 22.2 Å². The van der Waals surface area contributed by atoms with Crippen molar-refractivity contribution in [1.29, 1.82) is 0 Å². The number of terminal acetylenes is 1. The minimum atomic E-state index is 0.323. The van der Waals surface area contributed by atoms with Crippen LogP contribution in [-0.4, -0.2) is 11.0 Å². The van der Waals surface area contributed by atoms with Crippen LogP contribution in [0.5, 0.6) is 0 Å². The Bertz CT molecular complexity index is 330. The SMILES string of the molecule is C#CCC(CC)Nc1ncccc1I. The highest BCUT2D eigenvalue weighted by molar-refractivity contribution is 14.1. The summed E-state index contributed by atoms with van der Waals surface area (Å²) in [6.07, 6.45) is 8.82. The first-order valence-electron chi connectivity index (χ1n) is 4.58. The molecule has 1 atom stereocenters. The molecular formula is C11H13IN2. The van der Waals surface area contributed by atoms with Crippen LogP contribution in [0.3, 0.4) is 0 Å². The number of halogens is 1. The lowest BCUT2D eigenvalue weighted by Crippen LogP contribution is -2.19. The quantitative estimate of drug-likeness (QED) is 0.683. The zero-order chi connectivity index (χ0) is 10.4. The zero-order valence-corrected chi connectivity index (χ0v) is 10.3. The highest BCUT2D eigenvalue weighted by Crippen LogP contribution is 2.16.